The zero-order valence-corrected chi connectivity index (χ0v) is 23.3. The number of hydrogen-bond donors (Lipinski definition) is 4. The van der Waals surface area contributed by atoms with Crippen LogP contribution in [0.4, 0.5) is 10.5 Å². The summed E-state index contributed by atoms with van der Waals surface area (Å²) in [6.07, 6.45) is -1.41. The molecule has 10 nitrogen and oxygen atoms in total. The second-order valence-electron chi connectivity index (χ2n) is 10.8. The lowest BCUT2D eigenvalue weighted by Crippen LogP contribution is -2.55. The molecule has 212 valence electrons. The van der Waals surface area contributed by atoms with Gasteiger partial charge in [-0.2, -0.15) is 0 Å². The van der Waals surface area contributed by atoms with Crippen molar-refractivity contribution in [2.24, 2.45) is 5.73 Å². The first-order valence-electron chi connectivity index (χ1n) is 12.9. The van der Waals surface area contributed by atoms with E-state index in [0.717, 1.165) is 10.8 Å². The summed E-state index contributed by atoms with van der Waals surface area (Å²) in [6.45, 7) is 8.41. The fourth-order valence-corrected chi connectivity index (χ4v) is 4.28. The molecule has 3 aromatic carbocycles. The Morgan fingerprint density at radius 1 is 0.950 bits per heavy atom. The summed E-state index contributed by atoms with van der Waals surface area (Å²) < 4.78 is 5.28. The van der Waals surface area contributed by atoms with Crippen LogP contribution in [-0.2, 0) is 19.1 Å². The van der Waals surface area contributed by atoms with E-state index in [1.807, 2.05) is 36.4 Å². The number of ether oxygens (including phenoxy) is 1. The van der Waals surface area contributed by atoms with Crippen LogP contribution >= 0.6 is 0 Å². The summed E-state index contributed by atoms with van der Waals surface area (Å²) in [5.41, 5.74) is 5.49. The van der Waals surface area contributed by atoms with Crippen LogP contribution < -0.4 is 16.4 Å². The molecule has 0 aliphatic carbocycles. The van der Waals surface area contributed by atoms with Gasteiger partial charge >= 0.3 is 6.09 Å². The number of nitrogens with zero attached hydrogens (tertiary/aromatic N) is 1. The number of phenols is 1. The first-order valence-corrected chi connectivity index (χ1v) is 12.9. The predicted octanol–water partition coefficient (Wildman–Crippen LogP) is 4.23. The Morgan fingerprint density at radius 3 is 2.15 bits per heavy atom. The number of amides is 4. The molecule has 2 atom stereocenters. The van der Waals surface area contributed by atoms with Crippen LogP contribution in [0.5, 0.6) is 5.75 Å². The maximum absolute atomic E-state index is 14.0. The number of carbonyl (C=O) groups is 4. The third-order valence-corrected chi connectivity index (χ3v) is 5.96. The standard InChI is InChI=1S/C30H36N4O6/c1-18(2)34(28(38)24(17-25(31)36)33-29(39)40-30(3,4)5)26(20-11-14-23(35)15-12-20)27(37)32-22-13-10-19-8-6-7-9-21(19)16-22/h6-16,18,24,26,35H,17H2,1-5H3,(H2,31,36)(H,32,37)(H,33,39). The number of fused-ring (bicyclic) bond motifs is 1. The molecule has 0 aliphatic heterocycles. The zero-order valence-electron chi connectivity index (χ0n) is 23.3. The van der Waals surface area contributed by atoms with Crippen molar-refractivity contribution in [3.63, 3.8) is 0 Å². The van der Waals surface area contributed by atoms with Gasteiger partial charge in [-0.3, -0.25) is 14.4 Å². The average molecular weight is 549 g/mol. The van der Waals surface area contributed by atoms with Crippen LogP contribution in [0.3, 0.4) is 0 Å². The van der Waals surface area contributed by atoms with Gasteiger partial charge in [0, 0.05) is 11.7 Å². The number of aromatic hydroxyl groups is 1. The molecule has 2 unspecified atom stereocenters. The van der Waals surface area contributed by atoms with Crippen LogP contribution in [0, 0.1) is 0 Å². The lowest BCUT2D eigenvalue weighted by Gasteiger charge is -2.37. The highest BCUT2D eigenvalue weighted by molar-refractivity contribution is 6.01. The number of primary amides is 1. The number of alkyl carbamates (subject to hydrolysis) is 1. The molecule has 0 saturated carbocycles. The smallest absolute Gasteiger partial charge is 0.408 e. The number of nitrogens with two attached hydrogens (primary N) is 1. The van der Waals surface area contributed by atoms with Crippen LogP contribution in [0.2, 0.25) is 0 Å². The van der Waals surface area contributed by atoms with Crippen LogP contribution in [-0.4, -0.2) is 51.5 Å². The van der Waals surface area contributed by atoms with Gasteiger partial charge in [0.15, 0.2) is 0 Å². The highest BCUT2D eigenvalue weighted by Crippen LogP contribution is 2.29. The Labute approximate surface area is 233 Å². The van der Waals surface area contributed by atoms with E-state index in [1.165, 1.54) is 29.2 Å². The number of rotatable bonds is 9. The summed E-state index contributed by atoms with van der Waals surface area (Å²) in [6, 6.07) is 15.9. The van der Waals surface area contributed by atoms with Gasteiger partial charge in [0.1, 0.15) is 23.4 Å². The molecule has 0 heterocycles. The minimum absolute atomic E-state index is 0.0157. The van der Waals surface area contributed by atoms with Crippen molar-refractivity contribution in [2.45, 2.75) is 64.8 Å². The summed E-state index contributed by atoms with van der Waals surface area (Å²) in [5.74, 6) is -2.07. The van der Waals surface area contributed by atoms with E-state index in [1.54, 1.807) is 40.7 Å². The van der Waals surface area contributed by atoms with Gasteiger partial charge in [-0.25, -0.2) is 4.79 Å². The number of hydrogen-bond acceptors (Lipinski definition) is 6. The molecule has 0 spiro atoms. The number of benzene rings is 3. The molecular formula is C30H36N4O6. The molecule has 3 aromatic rings. The van der Waals surface area contributed by atoms with E-state index in [4.69, 9.17) is 10.5 Å². The van der Waals surface area contributed by atoms with Gasteiger partial charge in [-0.1, -0.05) is 42.5 Å². The lowest BCUT2D eigenvalue weighted by molar-refractivity contribution is -0.143. The normalized spacial score (nSPS) is 12.8. The topological polar surface area (TPSA) is 151 Å². The molecule has 5 N–H and O–H groups in total. The molecule has 0 saturated heterocycles. The molecule has 0 aromatic heterocycles. The first kappa shape index (κ1) is 29.9. The number of phenolic OH excluding ortho intramolecular Hbond substituents is 1. The Balaban J connectivity index is 2.01. The summed E-state index contributed by atoms with van der Waals surface area (Å²) in [5, 5.41) is 17.1. The van der Waals surface area contributed by atoms with Crippen LogP contribution in [0.1, 0.15) is 52.6 Å². The Morgan fingerprint density at radius 2 is 1.57 bits per heavy atom. The lowest BCUT2D eigenvalue weighted by atomic mass is 10.00. The third-order valence-electron chi connectivity index (χ3n) is 5.96. The van der Waals surface area contributed by atoms with Gasteiger partial charge in [0.25, 0.3) is 5.91 Å². The van der Waals surface area contributed by atoms with E-state index in [9.17, 15) is 24.3 Å². The molecule has 0 aliphatic rings. The summed E-state index contributed by atoms with van der Waals surface area (Å²) in [4.78, 5) is 53.5. The van der Waals surface area contributed by atoms with Crippen LogP contribution in [0.15, 0.2) is 66.7 Å². The molecule has 0 radical (unpaired) electrons. The van der Waals surface area contributed by atoms with Crippen molar-refractivity contribution in [3.8, 4) is 5.75 Å². The Kier molecular flexibility index (Phi) is 9.36. The molecular weight excluding hydrogens is 512 g/mol. The van der Waals surface area contributed by atoms with Gasteiger partial charge in [-0.05, 0) is 75.2 Å². The second-order valence-corrected chi connectivity index (χ2v) is 10.8. The van der Waals surface area contributed by atoms with Crippen molar-refractivity contribution >= 4 is 40.3 Å². The second kappa shape index (κ2) is 12.5. The zero-order chi connectivity index (χ0) is 29.6. The fraction of sp³-hybridized carbons (Fsp3) is 0.333. The predicted molar refractivity (Wildman–Crippen MR) is 152 cm³/mol. The number of carbonyl (C=O) groups excluding carboxylic acids is 4. The quantitative estimate of drug-likeness (QED) is 0.314. The molecule has 3 rings (SSSR count). The number of anilines is 1. The first-order chi connectivity index (χ1) is 18.7. The van der Waals surface area contributed by atoms with Crippen molar-refractivity contribution in [1.82, 2.24) is 10.2 Å². The maximum Gasteiger partial charge on any atom is 0.408 e. The van der Waals surface area contributed by atoms with E-state index in [0.29, 0.717) is 11.3 Å². The van der Waals surface area contributed by atoms with Gasteiger partial charge in [0.2, 0.25) is 11.8 Å². The average Bonchev–Trinajstić information content (AvgIpc) is 2.85. The van der Waals surface area contributed by atoms with E-state index in [-0.39, 0.29) is 5.75 Å². The van der Waals surface area contributed by atoms with Gasteiger partial charge in [-0.15, -0.1) is 0 Å². The summed E-state index contributed by atoms with van der Waals surface area (Å²) in [7, 11) is 0. The Hall–Kier alpha value is -4.60. The Bertz CT molecular complexity index is 1380. The molecule has 40 heavy (non-hydrogen) atoms. The largest absolute Gasteiger partial charge is 0.508 e. The molecule has 10 heteroatoms. The minimum atomic E-state index is -1.39. The SMILES string of the molecule is CC(C)N(C(=O)C(CC(N)=O)NC(=O)OC(C)(C)C)C(C(=O)Nc1ccc2ccccc2c1)c1ccc(O)cc1. The maximum atomic E-state index is 14.0. The van der Waals surface area contributed by atoms with Gasteiger partial charge < -0.3 is 31.1 Å². The van der Waals surface area contributed by atoms with Crippen molar-refractivity contribution in [2.75, 3.05) is 5.32 Å². The number of nitrogens with one attached hydrogen (secondary N) is 2. The molecule has 4 amide bonds. The molecule has 0 fully saturated rings. The third kappa shape index (κ3) is 7.95. The van der Waals surface area contributed by atoms with E-state index in [2.05, 4.69) is 10.6 Å². The van der Waals surface area contributed by atoms with E-state index < -0.39 is 54.0 Å². The monoisotopic (exact) mass is 548 g/mol. The highest BCUT2D eigenvalue weighted by Gasteiger charge is 2.38. The minimum Gasteiger partial charge on any atom is -0.508 e. The highest BCUT2D eigenvalue weighted by atomic mass is 16.6. The van der Waals surface area contributed by atoms with Gasteiger partial charge in [0.05, 0.1) is 6.42 Å². The molecule has 0 bridgehead atoms. The summed E-state index contributed by atoms with van der Waals surface area (Å²) >= 11 is 0. The fourth-order valence-electron chi connectivity index (χ4n) is 4.28. The van der Waals surface area contributed by atoms with Crippen LogP contribution in [0.25, 0.3) is 10.8 Å². The van der Waals surface area contributed by atoms with Crippen molar-refractivity contribution < 1.29 is 29.0 Å². The van der Waals surface area contributed by atoms with Crippen molar-refractivity contribution in [3.05, 3.63) is 72.3 Å². The van der Waals surface area contributed by atoms with Crippen molar-refractivity contribution in [1.29, 1.82) is 0 Å². The van der Waals surface area contributed by atoms with E-state index >= 15 is 0 Å².